The maximum atomic E-state index is 13.1. The molecule has 2 aromatic carbocycles. The van der Waals surface area contributed by atoms with Crippen molar-refractivity contribution in [1.82, 2.24) is 0 Å². The van der Waals surface area contributed by atoms with Crippen molar-refractivity contribution in [2.45, 2.75) is 20.1 Å². The smallest absolute Gasteiger partial charge is 0.189 e. The standard InChI is InChI=1S/C16H16FNO3/c1-10-4-13(17)2-3-15(10)20-8-12-6-14(18)5-11-7-19-9-21-16(11)12/h2-6H,7-9,18H2,1H3. The zero-order chi connectivity index (χ0) is 14.8. The fraction of sp³-hybridized carbons (Fsp3) is 0.250. The first-order chi connectivity index (χ1) is 10.1. The second-order valence-corrected chi connectivity index (χ2v) is 4.98. The molecule has 2 aromatic rings. The molecule has 0 atom stereocenters. The van der Waals surface area contributed by atoms with E-state index in [9.17, 15) is 4.39 Å². The quantitative estimate of drug-likeness (QED) is 0.882. The van der Waals surface area contributed by atoms with Crippen LogP contribution in [-0.4, -0.2) is 6.79 Å². The number of fused-ring (bicyclic) bond motifs is 1. The monoisotopic (exact) mass is 289 g/mol. The van der Waals surface area contributed by atoms with Crippen molar-refractivity contribution in [3.8, 4) is 11.5 Å². The van der Waals surface area contributed by atoms with E-state index in [2.05, 4.69) is 0 Å². The van der Waals surface area contributed by atoms with Crippen LogP contribution < -0.4 is 15.2 Å². The van der Waals surface area contributed by atoms with Gasteiger partial charge in [0, 0.05) is 16.8 Å². The van der Waals surface area contributed by atoms with Crippen LogP contribution in [0.3, 0.4) is 0 Å². The number of rotatable bonds is 3. The van der Waals surface area contributed by atoms with E-state index >= 15 is 0 Å². The van der Waals surface area contributed by atoms with Crippen LogP contribution in [0.25, 0.3) is 0 Å². The summed E-state index contributed by atoms with van der Waals surface area (Å²) >= 11 is 0. The summed E-state index contributed by atoms with van der Waals surface area (Å²) < 4.78 is 29.6. The van der Waals surface area contributed by atoms with Crippen molar-refractivity contribution in [2.24, 2.45) is 0 Å². The summed E-state index contributed by atoms with van der Waals surface area (Å²) in [6.45, 7) is 2.81. The lowest BCUT2D eigenvalue weighted by atomic mass is 10.1. The van der Waals surface area contributed by atoms with E-state index < -0.39 is 0 Å². The first-order valence-electron chi connectivity index (χ1n) is 6.64. The molecule has 110 valence electrons. The number of anilines is 1. The van der Waals surface area contributed by atoms with Crippen LogP contribution >= 0.6 is 0 Å². The van der Waals surface area contributed by atoms with Gasteiger partial charge in [0.1, 0.15) is 23.9 Å². The van der Waals surface area contributed by atoms with Crippen molar-refractivity contribution in [3.05, 3.63) is 52.8 Å². The largest absolute Gasteiger partial charge is 0.488 e. The van der Waals surface area contributed by atoms with Gasteiger partial charge in [0.2, 0.25) is 0 Å². The maximum Gasteiger partial charge on any atom is 0.189 e. The molecule has 0 saturated heterocycles. The SMILES string of the molecule is Cc1cc(F)ccc1OCc1cc(N)cc2c1OCOC2. The lowest BCUT2D eigenvalue weighted by molar-refractivity contribution is -0.0175. The lowest BCUT2D eigenvalue weighted by Crippen LogP contribution is -2.14. The van der Waals surface area contributed by atoms with E-state index in [0.29, 0.717) is 24.7 Å². The second-order valence-electron chi connectivity index (χ2n) is 4.98. The van der Waals surface area contributed by atoms with E-state index in [1.165, 1.54) is 12.1 Å². The van der Waals surface area contributed by atoms with Crippen LogP contribution in [0.15, 0.2) is 30.3 Å². The molecule has 1 aliphatic rings. The van der Waals surface area contributed by atoms with Gasteiger partial charge < -0.3 is 19.9 Å². The van der Waals surface area contributed by atoms with E-state index in [4.69, 9.17) is 19.9 Å². The summed E-state index contributed by atoms with van der Waals surface area (Å²) in [4.78, 5) is 0. The predicted molar refractivity (Wildman–Crippen MR) is 76.6 cm³/mol. The first kappa shape index (κ1) is 13.7. The Balaban J connectivity index is 1.83. The van der Waals surface area contributed by atoms with Crippen LogP contribution in [-0.2, 0) is 18.0 Å². The Morgan fingerprint density at radius 1 is 1.29 bits per heavy atom. The third-order valence-corrected chi connectivity index (χ3v) is 3.33. The normalized spacial score (nSPS) is 13.4. The van der Waals surface area contributed by atoms with E-state index in [0.717, 1.165) is 22.4 Å². The highest BCUT2D eigenvalue weighted by atomic mass is 19.1. The number of hydrogen-bond donors (Lipinski definition) is 1. The minimum atomic E-state index is -0.276. The summed E-state index contributed by atoms with van der Waals surface area (Å²) in [7, 11) is 0. The molecule has 0 amide bonds. The van der Waals surface area contributed by atoms with Crippen molar-refractivity contribution in [3.63, 3.8) is 0 Å². The highest BCUT2D eigenvalue weighted by Crippen LogP contribution is 2.32. The molecule has 0 bridgehead atoms. The molecule has 0 unspecified atom stereocenters. The number of hydrogen-bond acceptors (Lipinski definition) is 4. The molecule has 2 N–H and O–H groups in total. The molecular formula is C16H16FNO3. The van der Waals surface area contributed by atoms with E-state index in [1.54, 1.807) is 13.0 Å². The third-order valence-electron chi connectivity index (χ3n) is 3.33. The molecule has 21 heavy (non-hydrogen) atoms. The van der Waals surface area contributed by atoms with Crippen LogP contribution in [0.5, 0.6) is 11.5 Å². The number of nitrogens with two attached hydrogens (primary N) is 1. The van der Waals surface area contributed by atoms with Gasteiger partial charge in [-0.05, 0) is 42.8 Å². The Labute approximate surface area is 122 Å². The van der Waals surface area contributed by atoms with Gasteiger partial charge in [0.15, 0.2) is 6.79 Å². The molecule has 5 heteroatoms. The molecule has 3 rings (SSSR count). The number of nitrogen functional groups attached to an aromatic ring is 1. The molecule has 0 aromatic heterocycles. The fourth-order valence-corrected chi connectivity index (χ4v) is 2.36. The van der Waals surface area contributed by atoms with Crippen molar-refractivity contribution in [1.29, 1.82) is 0 Å². The summed E-state index contributed by atoms with van der Waals surface area (Å²) in [5.41, 5.74) is 9.04. The second kappa shape index (κ2) is 5.61. The summed E-state index contributed by atoms with van der Waals surface area (Å²) in [5, 5.41) is 0. The molecule has 0 radical (unpaired) electrons. The van der Waals surface area contributed by atoms with Crippen molar-refractivity contribution in [2.75, 3.05) is 12.5 Å². The average Bonchev–Trinajstić information content (AvgIpc) is 2.46. The Hall–Kier alpha value is -2.27. The Morgan fingerprint density at radius 3 is 2.95 bits per heavy atom. The summed E-state index contributed by atoms with van der Waals surface area (Å²) in [5.74, 6) is 1.12. The topological polar surface area (TPSA) is 53.7 Å². The molecule has 0 fully saturated rings. The zero-order valence-corrected chi connectivity index (χ0v) is 11.7. The van der Waals surface area contributed by atoms with Gasteiger partial charge in [-0.2, -0.15) is 0 Å². The molecule has 0 spiro atoms. The van der Waals surface area contributed by atoms with Gasteiger partial charge in [0.05, 0.1) is 6.61 Å². The van der Waals surface area contributed by atoms with Gasteiger partial charge in [-0.15, -0.1) is 0 Å². The first-order valence-corrected chi connectivity index (χ1v) is 6.64. The maximum absolute atomic E-state index is 13.1. The summed E-state index contributed by atoms with van der Waals surface area (Å²) in [6, 6.07) is 8.09. The molecule has 0 aliphatic carbocycles. The third kappa shape index (κ3) is 2.92. The van der Waals surface area contributed by atoms with Crippen molar-refractivity contribution < 1.29 is 18.6 Å². The minimum absolute atomic E-state index is 0.222. The molecule has 1 aliphatic heterocycles. The number of ether oxygens (including phenoxy) is 3. The van der Waals surface area contributed by atoms with E-state index in [-0.39, 0.29) is 12.6 Å². The van der Waals surface area contributed by atoms with Gasteiger partial charge in [-0.3, -0.25) is 0 Å². The molecule has 1 heterocycles. The van der Waals surface area contributed by atoms with Gasteiger partial charge >= 0.3 is 0 Å². The van der Waals surface area contributed by atoms with Crippen molar-refractivity contribution >= 4 is 5.69 Å². The zero-order valence-electron chi connectivity index (χ0n) is 11.7. The van der Waals surface area contributed by atoms with Crippen LogP contribution in [0.4, 0.5) is 10.1 Å². The van der Waals surface area contributed by atoms with Crippen LogP contribution in [0.1, 0.15) is 16.7 Å². The summed E-state index contributed by atoms with van der Waals surface area (Å²) in [6.07, 6.45) is 0. The molecule has 0 saturated carbocycles. The average molecular weight is 289 g/mol. The highest BCUT2D eigenvalue weighted by molar-refractivity contribution is 5.53. The highest BCUT2D eigenvalue weighted by Gasteiger charge is 2.16. The molecular weight excluding hydrogens is 273 g/mol. The fourth-order valence-electron chi connectivity index (χ4n) is 2.36. The number of aryl methyl sites for hydroxylation is 1. The lowest BCUT2D eigenvalue weighted by Gasteiger charge is -2.21. The molecule has 4 nitrogen and oxygen atoms in total. The number of benzene rings is 2. The number of halogens is 1. The Bertz CT molecular complexity index is 673. The van der Waals surface area contributed by atoms with Crippen LogP contribution in [0, 0.1) is 12.7 Å². The van der Waals surface area contributed by atoms with Gasteiger partial charge in [-0.25, -0.2) is 4.39 Å². The predicted octanol–water partition coefficient (Wildman–Crippen LogP) is 3.16. The van der Waals surface area contributed by atoms with Gasteiger partial charge in [-0.1, -0.05) is 0 Å². The Kier molecular flexibility index (Phi) is 3.66. The minimum Gasteiger partial charge on any atom is -0.488 e. The van der Waals surface area contributed by atoms with Crippen LogP contribution in [0.2, 0.25) is 0 Å². The van der Waals surface area contributed by atoms with Gasteiger partial charge in [0.25, 0.3) is 0 Å². The van der Waals surface area contributed by atoms with E-state index in [1.807, 2.05) is 12.1 Å². The Morgan fingerprint density at radius 2 is 2.14 bits per heavy atom.